The van der Waals surface area contributed by atoms with Crippen molar-refractivity contribution in [2.75, 3.05) is 0 Å². The molecule has 1 fully saturated rings. The van der Waals surface area contributed by atoms with Gasteiger partial charge in [0.25, 0.3) is 0 Å². The molecule has 0 bridgehead atoms. The third-order valence-corrected chi connectivity index (χ3v) is 1.90. The molecule has 5 heteroatoms. The lowest BCUT2D eigenvalue weighted by atomic mass is 10.3. The molecule has 0 heterocycles. The van der Waals surface area contributed by atoms with Crippen LogP contribution in [0.3, 0.4) is 0 Å². The maximum atomic E-state index is 10.9. The van der Waals surface area contributed by atoms with Gasteiger partial charge in [0.15, 0.2) is 5.11 Å². The summed E-state index contributed by atoms with van der Waals surface area (Å²) in [5.41, 5.74) is 5.09. The van der Waals surface area contributed by atoms with E-state index in [1.807, 2.05) is 0 Å². The lowest BCUT2D eigenvalue weighted by Crippen LogP contribution is -2.36. The Kier molecular flexibility index (Phi) is 3.28. The zero-order valence-electron chi connectivity index (χ0n) is 6.71. The zero-order chi connectivity index (χ0) is 8.97. The summed E-state index contributed by atoms with van der Waals surface area (Å²) in [6, 6.07) is 0. The minimum atomic E-state index is -0.533. The van der Waals surface area contributed by atoms with Crippen LogP contribution in [-0.2, 0) is 4.74 Å². The highest BCUT2D eigenvalue weighted by atomic mass is 32.1. The van der Waals surface area contributed by atoms with Crippen molar-refractivity contribution >= 4 is 23.4 Å². The Morgan fingerprint density at radius 1 is 1.50 bits per heavy atom. The van der Waals surface area contributed by atoms with Gasteiger partial charge in [-0.3, -0.25) is 5.32 Å². The first-order valence-corrected chi connectivity index (χ1v) is 4.36. The lowest BCUT2D eigenvalue weighted by Gasteiger charge is -2.10. The van der Waals surface area contributed by atoms with Gasteiger partial charge in [0.05, 0.1) is 0 Å². The number of carbonyl (C=O) groups excluding carboxylic acids is 1. The fourth-order valence-corrected chi connectivity index (χ4v) is 1.37. The molecule has 0 aromatic carbocycles. The molecule has 0 aromatic heterocycles. The molecule has 0 aromatic rings. The number of carbonyl (C=O) groups is 1. The van der Waals surface area contributed by atoms with E-state index >= 15 is 0 Å². The molecular formula is C7H12N2O2S. The van der Waals surface area contributed by atoms with E-state index in [1.165, 1.54) is 0 Å². The summed E-state index contributed by atoms with van der Waals surface area (Å²) in [5, 5.41) is 2.17. The highest BCUT2D eigenvalue weighted by Gasteiger charge is 2.18. The number of ether oxygens (including phenoxy) is 1. The van der Waals surface area contributed by atoms with Crippen LogP contribution in [0.4, 0.5) is 4.79 Å². The summed E-state index contributed by atoms with van der Waals surface area (Å²) >= 11 is 4.48. The fourth-order valence-electron chi connectivity index (χ4n) is 1.29. The quantitative estimate of drug-likeness (QED) is 0.600. The van der Waals surface area contributed by atoms with Gasteiger partial charge >= 0.3 is 6.09 Å². The van der Waals surface area contributed by atoms with Crippen molar-refractivity contribution in [3.8, 4) is 0 Å². The number of nitrogens with two attached hydrogens (primary N) is 1. The highest BCUT2D eigenvalue weighted by molar-refractivity contribution is 7.80. The molecular weight excluding hydrogens is 176 g/mol. The molecule has 0 unspecified atom stereocenters. The molecule has 1 aliphatic carbocycles. The summed E-state index contributed by atoms with van der Waals surface area (Å²) in [5.74, 6) is 0. The second-order valence-corrected chi connectivity index (χ2v) is 3.24. The van der Waals surface area contributed by atoms with E-state index in [0.29, 0.717) is 0 Å². The van der Waals surface area contributed by atoms with Crippen molar-refractivity contribution in [1.82, 2.24) is 5.32 Å². The number of rotatable bonds is 1. The summed E-state index contributed by atoms with van der Waals surface area (Å²) in [6.45, 7) is 0. The van der Waals surface area contributed by atoms with Crippen LogP contribution in [0.15, 0.2) is 0 Å². The molecule has 3 N–H and O–H groups in total. The van der Waals surface area contributed by atoms with E-state index in [-0.39, 0.29) is 11.2 Å². The van der Waals surface area contributed by atoms with E-state index in [1.54, 1.807) is 0 Å². The van der Waals surface area contributed by atoms with Crippen molar-refractivity contribution in [3.63, 3.8) is 0 Å². The lowest BCUT2D eigenvalue weighted by molar-refractivity contribution is 0.106. The third kappa shape index (κ3) is 3.04. The first-order chi connectivity index (χ1) is 5.68. The molecule has 0 atom stereocenters. The third-order valence-electron chi connectivity index (χ3n) is 1.80. The number of alkyl carbamates (subject to hydrolysis) is 1. The van der Waals surface area contributed by atoms with E-state index in [2.05, 4.69) is 17.5 Å². The Hall–Kier alpha value is -0.840. The maximum absolute atomic E-state index is 10.9. The normalized spacial score (nSPS) is 17.3. The van der Waals surface area contributed by atoms with Crippen molar-refractivity contribution in [2.24, 2.45) is 5.73 Å². The van der Waals surface area contributed by atoms with Crippen LogP contribution >= 0.6 is 12.2 Å². The van der Waals surface area contributed by atoms with Gasteiger partial charge < -0.3 is 10.5 Å². The number of amides is 1. The average molecular weight is 188 g/mol. The van der Waals surface area contributed by atoms with Gasteiger partial charge in [0, 0.05) is 0 Å². The van der Waals surface area contributed by atoms with Crippen molar-refractivity contribution in [1.29, 1.82) is 0 Å². The van der Waals surface area contributed by atoms with Gasteiger partial charge in [-0.15, -0.1) is 0 Å². The summed E-state index contributed by atoms with van der Waals surface area (Å²) in [7, 11) is 0. The zero-order valence-corrected chi connectivity index (χ0v) is 7.52. The van der Waals surface area contributed by atoms with Crippen molar-refractivity contribution < 1.29 is 9.53 Å². The SMILES string of the molecule is NC(=S)NC(=O)OC1CCCC1. The van der Waals surface area contributed by atoms with Crippen LogP contribution < -0.4 is 11.1 Å². The van der Waals surface area contributed by atoms with Crippen LogP contribution in [0, 0.1) is 0 Å². The van der Waals surface area contributed by atoms with Crippen LogP contribution in [0.1, 0.15) is 25.7 Å². The summed E-state index contributed by atoms with van der Waals surface area (Å²) < 4.78 is 5.00. The van der Waals surface area contributed by atoms with E-state index in [9.17, 15) is 4.79 Å². The molecule has 1 saturated carbocycles. The molecule has 1 rings (SSSR count). The van der Waals surface area contributed by atoms with E-state index in [4.69, 9.17) is 10.5 Å². The molecule has 1 aliphatic rings. The summed E-state index contributed by atoms with van der Waals surface area (Å²) in [4.78, 5) is 10.9. The number of hydrogen-bond donors (Lipinski definition) is 2. The van der Waals surface area contributed by atoms with Gasteiger partial charge in [-0.1, -0.05) is 0 Å². The smallest absolute Gasteiger partial charge is 0.413 e. The number of nitrogens with one attached hydrogen (secondary N) is 1. The van der Waals surface area contributed by atoms with Crippen LogP contribution in [0.2, 0.25) is 0 Å². The molecule has 12 heavy (non-hydrogen) atoms. The Labute approximate surface area is 76.4 Å². The Balaban J connectivity index is 2.20. The number of hydrogen-bond acceptors (Lipinski definition) is 3. The predicted molar refractivity (Wildman–Crippen MR) is 48.7 cm³/mol. The molecule has 0 radical (unpaired) electrons. The van der Waals surface area contributed by atoms with Crippen LogP contribution in [0.5, 0.6) is 0 Å². The van der Waals surface area contributed by atoms with Crippen molar-refractivity contribution in [3.05, 3.63) is 0 Å². The second kappa shape index (κ2) is 4.25. The van der Waals surface area contributed by atoms with Crippen LogP contribution in [-0.4, -0.2) is 17.3 Å². The van der Waals surface area contributed by atoms with Gasteiger partial charge in [-0.2, -0.15) is 0 Å². The first kappa shape index (κ1) is 9.25. The van der Waals surface area contributed by atoms with E-state index < -0.39 is 6.09 Å². The maximum Gasteiger partial charge on any atom is 0.413 e. The Morgan fingerprint density at radius 3 is 2.58 bits per heavy atom. The minimum absolute atomic E-state index is 0.0435. The second-order valence-electron chi connectivity index (χ2n) is 2.80. The molecule has 1 amide bonds. The topological polar surface area (TPSA) is 64.3 Å². The molecule has 0 spiro atoms. The summed E-state index contributed by atoms with van der Waals surface area (Å²) in [6.07, 6.45) is 3.68. The molecule has 0 aliphatic heterocycles. The fraction of sp³-hybridized carbons (Fsp3) is 0.714. The van der Waals surface area contributed by atoms with Crippen molar-refractivity contribution in [2.45, 2.75) is 31.8 Å². The molecule has 0 saturated heterocycles. The Morgan fingerprint density at radius 2 is 2.08 bits per heavy atom. The molecule has 68 valence electrons. The average Bonchev–Trinajstić information content (AvgIpc) is 2.37. The monoisotopic (exact) mass is 188 g/mol. The predicted octanol–water partition coefficient (Wildman–Crippen LogP) is 0.899. The first-order valence-electron chi connectivity index (χ1n) is 3.95. The largest absolute Gasteiger partial charge is 0.446 e. The van der Waals surface area contributed by atoms with Crippen LogP contribution in [0.25, 0.3) is 0 Å². The minimum Gasteiger partial charge on any atom is -0.446 e. The van der Waals surface area contributed by atoms with Gasteiger partial charge in [-0.05, 0) is 37.9 Å². The molecule has 4 nitrogen and oxygen atoms in total. The highest BCUT2D eigenvalue weighted by Crippen LogP contribution is 2.20. The number of thiocarbonyl (C=S) groups is 1. The van der Waals surface area contributed by atoms with Gasteiger partial charge in [0.1, 0.15) is 6.10 Å². The van der Waals surface area contributed by atoms with E-state index in [0.717, 1.165) is 25.7 Å². The van der Waals surface area contributed by atoms with Gasteiger partial charge in [0.2, 0.25) is 0 Å². The Bertz CT molecular complexity index is 190. The van der Waals surface area contributed by atoms with Gasteiger partial charge in [-0.25, -0.2) is 4.79 Å². The standard InChI is InChI=1S/C7H12N2O2S/c8-6(12)9-7(10)11-5-3-1-2-4-5/h5H,1-4H2,(H3,8,9,10,12).